The largest absolute Gasteiger partial charge is 0.380 e. The number of benzene rings is 2. The molecule has 3 nitrogen and oxygen atoms in total. The van der Waals surface area contributed by atoms with Gasteiger partial charge in [-0.2, -0.15) is 0 Å². The second kappa shape index (κ2) is 6.50. The Kier molecular flexibility index (Phi) is 4.71. The van der Waals surface area contributed by atoms with Crippen LogP contribution in [-0.4, -0.2) is 13.0 Å². The van der Waals surface area contributed by atoms with Gasteiger partial charge < -0.3 is 10.1 Å². The number of amides is 1. The normalized spacial score (nSPS) is 10.2. The number of rotatable bonds is 4. The first kappa shape index (κ1) is 13.8. The molecule has 0 atom stereocenters. The Morgan fingerprint density at radius 1 is 1.16 bits per heavy atom. The lowest BCUT2D eigenvalue weighted by molar-refractivity contribution is 0.102. The number of nitrogens with one attached hydrogen (secondary N) is 1. The molecule has 98 valence electrons. The van der Waals surface area contributed by atoms with Crippen LogP contribution in [0.2, 0.25) is 0 Å². The molecule has 2 aromatic rings. The van der Waals surface area contributed by atoms with Gasteiger partial charge in [-0.25, -0.2) is 0 Å². The number of halogens is 1. The third-order valence-electron chi connectivity index (χ3n) is 2.69. The summed E-state index contributed by atoms with van der Waals surface area (Å²) in [7, 11) is 1.63. The molecule has 4 heteroatoms. The monoisotopic (exact) mass is 319 g/mol. The summed E-state index contributed by atoms with van der Waals surface area (Å²) in [6.45, 7) is 0.436. The lowest BCUT2D eigenvalue weighted by Crippen LogP contribution is -2.13. The molecule has 0 fully saturated rings. The summed E-state index contributed by atoms with van der Waals surface area (Å²) >= 11 is 3.46. The Bertz CT molecular complexity index is 570. The fourth-order valence-corrected chi connectivity index (χ4v) is 2.23. The molecular formula is C15H14BrNO2. The number of anilines is 1. The van der Waals surface area contributed by atoms with Gasteiger partial charge in [-0.1, -0.05) is 40.2 Å². The van der Waals surface area contributed by atoms with E-state index in [9.17, 15) is 4.79 Å². The van der Waals surface area contributed by atoms with Crippen molar-refractivity contribution >= 4 is 27.5 Å². The first-order valence-electron chi connectivity index (χ1n) is 5.85. The highest BCUT2D eigenvalue weighted by Gasteiger charge is 2.10. The van der Waals surface area contributed by atoms with E-state index in [0.717, 1.165) is 15.7 Å². The highest BCUT2D eigenvalue weighted by atomic mass is 79.9. The molecule has 1 amide bonds. The van der Waals surface area contributed by atoms with Crippen LogP contribution in [0.5, 0.6) is 0 Å². The van der Waals surface area contributed by atoms with Gasteiger partial charge in [-0.05, 0) is 24.3 Å². The van der Waals surface area contributed by atoms with E-state index >= 15 is 0 Å². The van der Waals surface area contributed by atoms with Crippen molar-refractivity contribution in [1.29, 1.82) is 0 Å². The average Bonchev–Trinajstić information content (AvgIpc) is 2.43. The highest BCUT2D eigenvalue weighted by Crippen LogP contribution is 2.26. The fourth-order valence-electron chi connectivity index (χ4n) is 1.75. The fraction of sp³-hybridized carbons (Fsp3) is 0.133. The van der Waals surface area contributed by atoms with Gasteiger partial charge in [0.1, 0.15) is 0 Å². The van der Waals surface area contributed by atoms with Gasteiger partial charge in [0.25, 0.3) is 5.91 Å². The Morgan fingerprint density at radius 2 is 1.89 bits per heavy atom. The summed E-state index contributed by atoms with van der Waals surface area (Å²) < 4.78 is 6.07. The van der Waals surface area contributed by atoms with Crippen LogP contribution < -0.4 is 5.32 Å². The summed E-state index contributed by atoms with van der Waals surface area (Å²) in [5, 5.41) is 2.90. The van der Waals surface area contributed by atoms with E-state index in [4.69, 9.17) is 4.74 Å². The van der Waals surface area contributed by atoms with Crippen molar-refractivity contribution in [3.8, 4) is 0 Å². The van der Waals surface area contributed by atoms with E-state index < -0.39 is 0 Å². The van der Waals surface area contributed by atoms with Crippen LogP contribution in [0.4, 0.5) is 5.69 Å². The van der Waals surface area contributed by atoms with Crippen molar-refractivity contribution in [2.75, 3.05) is 12.4 Å². The van der Waals surface area contributed by atoms with Gasteiger partial charge in [0, 0.05) is 28.4 Å². The second-order valence-corrected chi connectivity index (χ2v) is 4.87. The molecule has 0 radical (unpaired) electrons. The van der Waals surface area contributed by atoms with E-state index in [2.05, 4.69) is 21.2 Å². The molecule has 19 heavy (non-hydrogen) atoms. The molecule has 0 unspecified atom stereocenters. The topological polar surface area (TPSA) is 38.3 Å². The van der Waals surface area contributed by atoms with Crippen molar-refractivity contribution in [3.05, 3.63) is 64.1 Å². The summed E-state index contributed by atoms with van der Waals surface area (Å²) in [5.41, 5.74) is 2.31. The van der Waals surface area contributed by atoms with Crippen LogP contribution >= 0.6 is 15.9 Å². The Hall–Kier alpha value is -1.65. The minimum absolute atomic E-state index is 0.129. The van der Waals surface area contributed by atoms with Gasteiger partial charge in [-0.3, -0.25) is 4.79 Å². The van der Waals surface area contributed by atoms with Crippen molar-refractivity contribution in [3.63, 3.8) is 0 Å². The van der Waals surface area contributed by atoms with Crippen LogP contribution in [0.25, 0.3) is 0 Å². The number of methoxy groups -OCH3 is 1. The molecule has 0 aliphatic carbocycles. The zero-order chi connectivity index (χ0) is 13.7. The van der Waals surface area contributed by atoms with E-state index in [1.54, 1.807) is 19.2 Å². The quantitative estimate of drug-likeness (QED) is 0.929. The van der Waals surface area contributed by atoms with E-state index in [1.165, 1.54) is 0 Å². The predicted molar refractivity (Wildman–Crippen MR) is 79.3 cm³/mol. The summed E-state index contributed by atoms with van der Waals surface area (Å²) in [4.78, 5) is 12.1. The average molecular weight is 320 g/mol. The molecule has 0 aromatic heterocycles. The van der Waals surface area contributed by atoms with Crippen LogP contribution in [-0.2, 0) is 11.3 Å². The molecule has 0 aliphatic heterocycles. The van der Waals surface area contributed by atoms with Crippen molar-refractivity contribution in [2.45, 2.75) is 6.61 Å². The maximum absolute atomic E-state index is 12.1. The summed E-state index contributed by atoms with van der Waals surface area (Å²) in [6, 6.07) is 14.8. The third kappa shape index (κ3) is 3.43. The standard InChI is InChI=1S/C15H14BrNO2/c1-19-10-12-13(16)8-5-9-14(12)17-15(18)11-6-3-2-4-7-11/h2-9H,10H2,1H3,(H,17,18). The zero-order valence-corrected chi connectivity index (χ0v) is 12.1. The zero-order valence-electron chi connectivity index (χ0n) is 10.5. The minimum Gasteiger partial charge on any atom is -0.380 e. The maximum Gasteiger partial charge on any atom is 0.255 e. The molecular weight excluding hydrogens is 306 g/mol. The van der Waals surface area contributed by atoms with Crippen LogP contribution in [0.15, 0.2) is 53.0 Å². The molecule has 0 saturated carbocycles. The summed E-state index contributed by atoms with van der Waals surface area (Å²) in [6.07, 6.45) is 0. The first-order valence-corrected chi connectivity index (χ1v) is 6.64. The predicted octanol–water partition coefficient (Wildman–Crippen LogP) is 3.85. The third-order valence-corrected chi connectivity index (χ3v) is 3.43. The molecule has 0 aliphatic rings. The summed E-state index contributed by atoms with van der Waals surface area (Å²) in [5.74, 6) is -0.129. The molecule has 2 aromatic carbocycles. The van der Waals surface area contributed by atoms with E-state index in [-0.39, 0.29) is 5.91 Å². The van der Waals surface area contributed by atoms with Gasteiger partial charge in [-0.15, -0.1) is 0 Å². The van der Waals surface area contributed by atoms with Crippen molar-refractivity contribution < 1.29 is 9.53 Å². The molecule has 0 spiro atoms. The maximum atomic E-state index is 12.1. The number of hydrogen-bond acceptors (Lipinski definition) is 2. The van der Waals surface area contributed by atoms with E-state index in [1.807, 2.05) is 36.4 Å². The Morgan fingerprint density at radius 3 is 2.58 bits per heavy atom. The van der Waals surface area contributed by atoms with Crippen molar-refractivity contribution in [1.82, 2.24) is 0 Å². The minimum atomic E-state index is -0.129. The first-order chi connectivity index (χ1) is 9.22. The Balaban J connectivity index is 2.24. The SMILES string of the molecule is COCc1c(Br)cccc1NC(=O)c1ccccc1. The number of ether oxygens (including phenoxy) is 1. The van der Waals surface area contributed by atoms with E-state index in [0.29, 0.717) is 12.2 Å². The van der Waals surface area contributed by atoms with Crippen LogP contribution in [0.1, 0.15) is 15.9 Å². The van der Waals surface area contributed by atoms with Crippen LogP contribution in [0.3, 0.4) is 0 Å². The number of carbonyl (C=O) groups is 1. The second-order valence-electron chi connectivity index (χ2n) is 4.02. The Labute approximate surface area is 120 Å². The molecule has 0 bridgehead atoms. The lowest BCUT2D eigenvalue weighted by Gasteiger charge is -2.12. The number of carbonyl (C=O) groups excluding carboxylic acids is 1. The smallest absolute Gasteiger partial charge is 0.255 e. The highest BCUT2D eigenvalue weighted by molar-refractivity contribution is 9.10. The van der Waals surface area contributed by atoms with Gasteiger partial charge in [0.15, 0.2) is 0 Å². The number of hydrogen-bond donors (Lipinski definition) is 1. The molecule has 1 N–H and O–H groups in total. The van der Waals surface area contributed by atoms with Gasteiger partial charge in [0.05, 0.1) is 6.61 Å². The molecule has 0 saturated heterocycles. The lowest BCUT2D eigenvalue weighted by atomic mass is 10.1. The van der Waals surface area contributed by atoms with Crippen molar-refractivity contribution in [2.24, 2.45) is 0 Å². The molecule has 0 heterocycles. The van der Waals surface area contributed by atoms with Gasteiger partial charge >= 0.3 is 0 Å². The van der Waals surface area contributed by atoms with Crippen LogP contribution in [0, 0.1) is 0 Å². The van der Waals surface area contributed by atoms with Gasteiger partial charge in [0.2, 0.25) is 0 Å². The molecule has 2 rings (SSSR count).